The average Bonchev–Trinajstić information content (AvgIpc) is 3.01. The van der Waals surface area contributed by atoms with Crippen molar-refractivity contribution in [3.63, 3.8) is 0 Å². The molecule has 2 aromatic carbocycles. The number of aryl methyl sites for hydroxylation is 1. The fraction of sp³-hybridized carbons (Fsp3) is 0.200. The van der Waals surface area contributed by atoms with Gasteiger partial charge in [-0.3, -0.25) is 0 Å². The molecule has 2 aromatic heterocycles. The number of para-hydroxylation sites is 1. The highest BCUT2D eigenvalue weighted by Crippen LogP contribution is 2.26. The van der Waals surface area contributed by atoms with E-state index in [0.717, 1.165) is 47.0 Å². The second kappa shape index (κ2) is 7.72. The van der Waals surface area contributed by atoms with Crippen molar-refractivity contribution in [3.05, 3.63) is 59.1 Å². The summed E-state index contributed by atoms with van der Waals surface area (Å²) in [6, 6.07) is 15.7. The molecule has 2 heterocycles. The second-order valence-electron chi connectivity index (χ2n) is 6.22. The van der Waals surface area contributed by atoms with Gasteiger partial charge in [0, 0.05) is 22.5 Å². The van der Waals surface area contributed by atoms with Crippen molar-refractivity contribution < 1.29 is 0 Å². The van der Waals surface area contributed by atoms with Crippen LogP contribution in [0, 0.1) is 0 Å². The maximum atomic E-state index is 6.13. The van der Waals surface area contributed by atoms with Crippen LogP contribution >= 0.6 is 11.6 Å². The van der Waals surface area contributed by atoms with Crippen molar-refractivity contribution >= 4 is 45.8 Å². The van der Waals surface area contributed by atoms with Crippen LogP contribution in [0.2, 0.25) is 5.02 Å². The molecule has 4 aromatic rings. The van der Waals surface area contributed by atoms with Gasteiger partial charge in [0.05, 0.1) is 11.7 Å². The SMILES string of the molecule is CCCCn1c2ccccc2c2nnc(N/N=C/c3ccccc3Cl)nc21. The van der Waals surface area contributed by atoms with Crippen molar-refractivity contribution in [1.82, 2.24) is 19.7 Å². The topological polar surface area (TPSA) is 68.0 Å². The minimum atomic E-state index is 0.353. The van der Waals surface area contributed by atoms with Gasteiger partial charge in [0.1, 0.15) is 5.52 Å². The summed E-state index contributed by atoms with van der Waals surface area (Å²) in [5.74, 6) is 0.353. The van der Waals surface area contributed by atoms with Gasteiger partial charge >= 0.3 is 0 Å². The van der Waals surface area contributed by atoms with Gasteiger partial charge in [0.25, 0.3) is 5.95 Å². The molecule has 0 aliphatic rings. The van der Waals surface area contributed by atoms with E-state index in [-0.39, 0.29) is 0 Å². The largest absolute Gasteiger partial charge is 0.324 e. The first kappa shape index (κ1) is 17.4. The molecule has 0 amide bonds. The van der Waals surface area contributed by atoms with Gasteiger partial charge < -0.3 is 4.57 Å². The number of nitrogens with one attached hydrogen (secondary N) is 1. The van der Waals surface area contributed by atoms with E-state index in [1.165, 1.54) is 0 Å². The zero-order valence-electron chi connectivity index (χ0n) is 14.9. The minimum absolute atomic E-state index is 0.353. The lowest BCUT2D eigenvalue weighted by molar-refractivity contribution is 0.660. The van der Waals surface area contributed by atoms with Gasteiger partial charge in [-0.05, 0) is 18.6 Å². The third-order valence-electron chi connectivity index (χ3n) is 4.38. The highest BCUT2D eigenvalue weighted by Gasteiger charge is 2.14. The third kappa shape index (κ3) is 3.48. The average molecular weight is 379 g/mol. The number of anilines is 1. The second-order valence-corrected chi connectivity index (χ2v) is 6.63. The predicted molar refractivity (Wildman–Crippen MR) is 110 cm³/mol. The van der Waals surface area contributed by atoms with Crippen molar-refractivity contribution in [1.29, 1.82) is 0 Å². The molecule has 7 heteroatoms. The van der Waals surface area contributed by atoms with E-state index in [4.69, 9.17) is 11.6 Å². The molecule has 0 saturated carbocycles. The summed E-state index contributed by atoms with van der Waals surface area (Å²) >= 11 is 6.13. The quantitative estimate of drug-likeness (QED) is 0.383. The standard InChI is InChI=1S/C20H19ClN6/c1-2-3-12-27-17-11-7-5-9-15(17)18-19(27)23-20(26-24-18)25-22-13-14-8-4-6-10-16(14)21/h4-11,13H,2-3,12H2,1H3,(H,23,25,26)/b22-13+. The maximum Gasteiger partial charge on any atom is 0.265 e. The number of hydrogen-bond donors (Lipinski definition) is 1. The Kier molecular flexibility index (Phi) is 4.98. The van der Waals surface area contributed by atoms with E-state index in [2.05, 4.69) is 49.3 Å². The van der Waals surface area contributed by atoms with Crippen LogP contribution < -0.4 is 5.43 Å². The molecule has 0 unspecified atom stereocenters. The molecule has 6 nitrogen and oxygen atoms in total. The summed E-state index contributed by atoms with van der Waals surface area (Å²) in [5.41, 5.74) is 6.42. The zero-order chi connectivity index (χ0) is 18.6. The first-order valence-corrected chi connectivity index (χ1v) is 9.31. The highest BCUT2D eigenvalue weighted by molar-refractivity contribution is 6.33. The molecule has 136 valence electrons. The van der Waals surface area contributed by atoms with Crippen molar-refractivity contribution in [2.75, 3.05) is 5.43 Å². The number of unbranched alkanes of at least 4 members (excludes halogenated alkanes) is 1. The summed E-state index contributed by atoms with van der Waals surface area (Å²) in [5, 5.41) is 14.4. The molecular formula is C20H19ClN6. The number of hydrazone groups is 1. The van der Waals surface area contributed by atoms with Gasteiger partial charge in [-0.25, -0.2) is 5.43 Å². The Balaban J connectivity index is 1.69. The lowest BCUT2D eigenvalue weighted by atomic mass is 10.2. The van der Waals surface area contributed by atoms with E-state index in [0.29, 0.717) is 11.0 Å². The molecule has 4 rings (SSSR count). The van der Waals surface area contributed by atoms with E-state index in [9.17, 15) is 0 Å². The molecule has 0 fully saturated rings. The summed E-state index contributed by atoms with van der Waals surface area (Å²) in [7, 11) is 0. The summed E-state index contributed by atoms with van der Waals surface area (Å²) in [6.07, 6.45) is 3.83. The van der Waals surface area contributed by atoms with Crippen LogP contribution in [0.5, 0.6) is 0 Å². The number of hydrogen-bond acceptors (Lipinski definition) is 5. The van der Waals surface area contributed by atoms with Crippen molar-refractivity contribution in [2.24, 2.45) is 5.10 Å². The van der Waals surface area contributed by atoms with Crippen LogP contribution in [-0.2, 0) is 6.54 Å². The molecule has 0 radical (unpaired) electrons. The van der Waals surface area contributed by atoms with Crippen LogP contribution in [0.25, 0.3) is 22.1 Å². The van der Waals surface area contributed by atoms with Crippen LogP contribution in [-0.4, -0.2) is 26.0 Å². The predicted octanol–water partition coefficient (Wildman–Crippen LogP) is 4.88. The van der Waals surface area contributed by atoms with Gasteiger partial charge in [-0.15, -0.1) is 10.2 Å². The molecule has 0 aliphatic heterocycles. The Morgan fingerprint density at radius 2 is 1.93 bits per heavy atom. The van der Waals surface area contributed by atoms with E-state index < -0.39 is 0 Å². The molecule has 0 atom stereocenters. The van der Waals surface area contributed by atoms with Crippen LogP contribution in [0.4, 0.5) is 5.95 Å². The first-order chi connectivity index (χ1) is 13.3. The maximum absolute atomic E-state index is 6.13. The monoisotopic (exact) mass is 378 g/mol. The van der Waals surface area contributed by atoms with Crippen LogP contribution in [0.15, 0.2) is 53.6 Å². The number of rotatable bonds is 6. The molecule has 0 bridgehead atoms. The Hall–Kier alpha value is -2.99. The van der Waals surface area contributed by atoms with Crippen molar-refractivity contribution in [2.45, 2.75) is 26.3 Å². The minimum Gasteiger partial charge on any atom is -0.324 e. The molecule has 0 spiro atoms. The van der Waals surface area contributed by atoms with Crippen LogP contribution in [0.1, 0.15) is 25.3 Å². The Morgan fingerprint density at radius 3 is 2.78 bits per heavy atom. The lowest BCUT2D eigenvalue weighted by Gasteiger charge is -2.05. The fourth-order valence-electron chi connectivity index (χ4n) is 3.03. The normalized spacial score (nSPS) is 11.6. The number of fused-ring (bicyclic) bond motifs is 3. The summed E-state index contributed by atoms with van der Waals surface area (Å²) < 4.78 is 2.20. The van der Waals surface area contributed by atoms with Gasteiger partial charge in [-0.1, -0.05) is 61.3 Å². The van der Waals surface area contributed by atoms with E-state index in [1.807, 2.05) is 36.4 Å². The lowest BCUT2D eigenvalue weighted by Crippen LogP contribution is -2.03. The Labute approximate surface area is 161 Å². The van der Waals surface area contributed by atoms with Gasteiger partial charge in [0.15, 0.2) is 5.65 Å². The third-order valence-corrected chi connectivity index (χ3v) is 4.73. The first-order valence-electron chi connectivity index (χ1n) is 8.93. The van der Waals surface area contributed by atoms with Crippen molar-refractivity contribution in [3.8, 4) is 0 Å². The Bertz CT molecular complexity index is 1120. The molecule has 0 saturated heterocycles. The molecule has 0 aliphatic carbocycles. The molecule has 27 heavy (non-hydrogen) atoms. The number of nitrogens with zero attached hydrogens (tertiary/aromatic N) is 5. The summed E-state index contributed by atoms with van der Waals surface area (Å²) in [6.45, 7) is 3.07. The molecule has 1 N–H and O–H groups in total. The Morgan fingerprint density at radius 1 is 1.11 bits per heavy atom. The van der Waals surface area contributed by atoms with E-state index >= 15 is 0 Å². The number of aromatic nitrogens is 4. The summed E-state index contributed by atoms with van der Waals surface area (Å²) in [4.78, 5) is 4.65. The van der Waals surface area contributed by atoms with E-state index in [1.54, 1.807) is 6.21 Å². The zero-order valence-corrected chi connectivity index (χ0v) is 15.7. The van der Waals surface area contributed by atoms with Crippen LogP contribution in [0.3, 0.4) is 0 Å². The number of benzene rings is 2. The number of halogens is 1. The molecular weight excluding hydrogens is 360 g/mol. The van der Waals surface area contributed by atoms with Gasteiger partial charge in [-0.2, -0.15) is 10.1 Å². The van der Waals surface area contributed by atoms with Gasteiger partial charge in [0.2, 0.25) is 0 Å². The smallest absolute Gasteiger partial charge is 0.265 e. The fourth-order valence-corrected chi connectivity index (χ4v) is 3.22. The highest BCUT2D eigenvalue weighted by atomic mass is 35.5.